The monoisotopic (exact) mass is 325 g/mol. The minimum atomic E-state index is -0.417. The number of carbonyl (C=O) groups is 1. The number of phenols is 1. The molecule has 0 bridgehead atoms. The molecule has 3 rings (SSSR count). The minimum absolute atomic E-state index is 0.0262. The number of aromatic hydroxyl groups is 1. The summed E-state index contributed by atoms with van der Waals surface area (Å²) in [7, 11) is 0. The molecule has 5 nitrogen and oxygen atoms in total. The maximum atomic E-state index is 12.4. The van der Waals surface area contributed by atoms with Crippen LogP contribution in [-0.4, -0.2) is 42.0 Å². The fraction of sp³-hybridized carbons (Fsp3) is 0.562. The third-order valence-corrected chi connectivity index (χ3v) is 4.78. The Hall–Kier alpha value is -1.30. The number of benzene rings is 1. The lowest BCUT2D eigenvalue weighted by Crippen LogP contribution is -2.69. The lowest BCUT2D eigenvalue weighted by Gasteiger charge is -2.52. The molecule has 22 heavy (non-hydrogen) atoms. The Morgan fingerprint density at radius 2 is 2.41 bits per heavy atom. The molecule has 1 aromatic carbocycles. The van der Waals surface area contributed by atoms with Crippen molar-refractivity contribution in [3.8, 4) is 5.75 Å². The Labute approximate surface area is 134 Å². The Morgan fingerprint density at radius 3 is 3.09 bits per heavy atom. The van der Waals surface area contributed by atoms with E-state index in [0.717, 1.165) is 19.3 Å². The molecule has 1 aromatic rings. The van der Waals surface area contributed by atoms with Gasteiger partial charge in [0.15, 0.2) is 0 Å². The lowest BCUT2D eigenvalue weighted by molar-refractivity contribution is -0.194. The predicted octanol–water partition coefficient (Wildman–Crippen LogP) is 2.50. The van der Waals surface area contributed by atoms with E-state index < -0.39 is 5.60 Å². The summed E-state index contributed by atoms with van der Waals surface area (Å²) in [5, 5.41) is 13.2. The first-order valence-corrected chi connectivity index (χ1v) is 7.99. The van der Waals surface area contributed by atoms with Crippen molar-refractivity contribution in [2.75, 3.05) is 13.2 Å². The molecule has 1 saturated carbocycles. The number of hydrogen-bond acceptors (Lipinski definition) is 4. The molecule has 1 heterocycles. The molecule has 6 heteroatoms. The summed E-state index contributed by atoms with van der Waals surface area (Å²) >= 11 is 5.89. The van der Waals surface area contributed by atoms with E-state index in [-0.39, 0.29) is 29.4 Å². The molecule has 1 aliphatic heterocycles. The number of carbonyl (C=O) groups excluding carboxylic acids is 1. The summed E-state index contributed by atoms with van der Waals surface area (Å²) < 4.78 is 11.6. The number of rotatable bonds is 4. The van der Waals surface area contributed by atoms with Gasteiger partial charge in [0, 0.05) is 18.2 Å². The van der Waals surface area contributed by atoms with Crippen LogP contribution in [0.25, 0.3) is 0 Å². The average molecular weight is 326 g/mol. The number of ether oxygens (including phenoxy) is 2. The maximum Gasteiger partial charge on any atom is 0.255 e. The zero-order chi connectivity index (χ0) is 15.7. The van der Waals surface area contributed by atoms with Crippen LogP contribution in [0.1, 0.15) is 36.5 Å². The van der Waals surface area contributed by atoms with Crippen molar-refractivity contribution in [3.63, 3.8) is 0 Å². The van der Waals surface area contributed by atoms with Crippen LogP contribution < -0.4 is 5.32 Å². The number of halogens is 1. The van der Waals surface area contributed by atoms with Crippen LogP contribution in [-0.2, 0) is 9.47 Å². The second-order valence-corrected chi connectivity index (χ2v) is 6.21. The Bertz CT molecular complexity index is 571. The van der Waals surface area contributed by atoms with E-state index in [1.807, 2.05) is 6.92 Å². The molecule has 0 radical (unpaired) electrons. The van der Waals surface area contributed by atoms with Crippen LogP contribution in [0.3, 0.4) is 0 Å². The third-order valence-electron chi connectivity index (χ3n) is 4.54. The van der Waals surface area contributed by atoms with E-state index in [2.05, 4.69) is 5.32 Å². The number of nitrogens with one attached hydrogen (secondary N) is 1. The largest absolute Gasteiger partial charge is 0.507 e. The summed E-state index contributed by atoms with van der Waals surface area (Å²) in [5.74, 6) is -0.418. The third kappa shape index (κ3) is 2.57. The van der Waals surface area contributed by atoms with Crippen molar-refractivity contribution < 1.29 is 19.4 Å². The molecule has 3 atom stereocenters. The van der Waals surface area contributed by atoms with Gasteiger partial charge in [-0.15, -0.1) is 0 Å². The van der Waals surface area contributed by atoms with E-state index in [4.69, 9.17) is 21.1 Å². The Morgan fingerprint density at radius 1 is 1.59 bits per heavy atom. The van der Waals surface area contributed by atoms with Gasteiger partial charge >= 0.3 is 0 Å². The summed E-state index contributed by atoms with van der Waals surface area (Å²) in [4.78, 5) is 12.4. The van der Waals surface area contributed by atoms with Crippen molar-refractivity contribution in [1.82, 2.24) is 5.32 Å². The normalized spacial score (nSPS) is 30.3. The molecule has 3 unspecified atom stereocenters. The quantitative estimate of drug-likeness (QED) is 0.892. The van der Waals surface area contributed by atoms with Crippen molar-refractivity contribution in [1.29, 1.82) is 0 Å². The first-order valence-electron chi connectivity index (χ1n) is 7.62. The van der Waals surface area contributed by atoms with Crippen molar-refractivity contribution in [2.45, 2.75) is 43.9 Å². The van der Waals surface area contributed by atoms with Crippen molar-refractivity contribution in [3.05, 3.63) is 28.8 Å². The van der Waals surface area contributed by atoms with Crippen LogP contribution in [0.2, 0.25) is 5.02 Å². The summed E-state index contributed by atoms with van der Waals surface area (Å²) in [6.07, 6.45) is 2.60. The summed E-state index contributed by atoms with van der Waals surface area (Å²) in [5.41, 5.74) is -0.236. The van der Waals surface area contributed by atoms with Crippen LogP contribution in [0.4, 0.5) is 0 Å². The van der Waals surface area contributed by atoms with E-state index in [0.29, 0.717) is 18.2 Å². The van der Waals surface area contributed by atoms with E-state index in [9.17, 15) is 9.90 Å². The molecule has 1 saturated heterocycles. The second kappa shape index (κ2) is 6.07. The zero-order valence-electron chi connectivity index (χ0n) is 12.5. The zero-order valence-corrected chi connectivity index (χ0v) is 13.2. The Balaban J connectivity index is 1.73. The van der Waals surface area contributed by atoms with Gasteiger partial charge < -0.3 is 19.9 Å². The molecule has 120 valence electrons. The van der Waals surface area contributed by atoms with E-state index in [1.54, 1.807) is 6.07 Å². The highest BCUT2D eigenvalue weighted by molar-refractivity contribution is 6.31. The molecule has 1 aliphatic carbocycles. The molecule has 1 spiro atoms. The van der Waals surface area contributed by atoms with Crippen LogP contribution in [0.15, 0.2) is 18.2 Å². The molecular formula is C16H20ClNO4. The van der Waals surface area contributed by atoms with Gasteiger partial charge in [-0.2, -0.15) is 0 Å². The van der Waals surface area contributed by atoms with Crippen LogP contribution in [0.5, 0.6) is 5.75 Å². The first-order chi connectivity index (χ1) is 10.6. The van der Waals surface area contributed by atoms with Gasteiger partial charge in [0.05, 0.1) is 17.7 Å². The van der Waals surface area contributed by atoms with Gasteiger partial charge in [-0.05, 0) is 44.4 Å². The van der Waals surface area contributed by atoms with Crippen LogP contribution >= 0.6 is 11.6 Å². The minimum Gasteiger partial charge on any atom is -0.507 e. The second-order valence-electron chi connectivity index (χ2n) is 5.77. The molecule has 2 N–H and O–H groups in total. The van der Waals surface area contributed by atoms with Crippen molar-refractivity contribution >= 4 is 17.5 Å². The van der Waals surface area contributed by atoms with E-state index in [1.165, 1.54) is 12.1 Å². The molecule has 0 aromatic heterocycles. The highest BCUT2D eigenvalue weighted by atomic mass is 35.5. The highest BCUT2D eigenvalue weighted by Gasteiger charge is 2.59. The van der Waals surface area contributed by atoms with Gasteiger partial charge in [-0.25, -0.2) is 0 Å². The number of amides is 1. The van der Waals surface area contributed by atoms with Gasteiger partial charge in [0.2, 0.25) is 0 Å². The SMILES string of the molecule is CCOC1CC(NC(=O)c2cc(Cl)ccc2O)C12CCCO2. The average Bonchev–Trinajstić information content (AvgIpc) is 3.01. The fourth-order valence-electron chi connectivity index (χ4n) is 3.41. The highest BCUT2D eigenvalue weighted by Crippen LogP contribution is 2.45. The number of phenolic OH excluding ortho intramolecular Hbond substituents is 1. The van der Waals surface area contributed by atoms with Crippen molar-refractivity contribution in [2.24, 2.45) is 0 Å². The fourth-order valence-corrected chi connectivity index (χ4v) is 3.58. The lowest BCUT2D eigenvalue weighted by atomic mass is 9.70. The summed E-state index contributed by atoms with van der Waals surface area (Å²) in [6.45, 7) is 3.28. The smallest absolute Gasteiger partial charge is 0.255 e. The first kappa shape index (κ1) is 15.6. The molecular weight excluding hydrogens is 306 g/mol. The van der Waals surface area contributed by atoms with Gasteiger partial charge in [0.25, 0.3) is 5.91 Å². The van der Waals surface area contributed by atoms with Gasteiger partial charge in [-0.1, -0.05) is 11.6 Å². The Kier molecular flexibility index (Phi) is 4.30. The standard InChI is InChI=1S/C16H20ClNO4/c1-2-21-14-9-13(16(14)6-3-7-22-16)18-15(20)11-8-10(17)4-5-12(11)19/h4-5,8,13-14,19H,2-3,6-7,9H2,1H3,(H,18,20). The molecule has 2 fully saturated rings. The number of hydrogen-bond donors (Lipinski definition) is 2. The predicted molar refractivity (Wildman–Crippen MR) is 82.3 cm³/mol. The molecule has 1 amide bonds. The molecule has 2 aliphatic rings. The maximum absolute atomic E-state index is 12.4. The van der Waals surface area contributed by atoms with E-state index >= 15 is 0 Å². The van der Waals surface area contributed by atoms with Gasteiger partial charge in [-0.3, -0.25) is 4.79 Å². The summed E-state index contributed by atoms with van der Waals surface area (Å²) in [6, 6.07) is 4.33. The van der Waals surface area contributed by atoms with Crippen LogP contribution in [0, 0.1) is 0 Å². The topological polar surface area (TPSA) is 67.8 Å². The van der Waals surface area contributed by atoms with Gasteiger partial charge in [0.1, 0.15) is 11.4 Å².